The number of carbonyl (C=O) groups excluding carboxylic acids is 2. The molecule has 2 aliphatic rings. The summed E-state index contributed by atoms with van der Waals surface area (Å²) in [6.45, 7) is 6.64. The van der Waals surface area contributed by atoms with Crippen LogP contribution in [0.4, 0.5) is 0 Å². The van der Waals surface area contributed by atoms with Gasteiger partial charge in [-0.1, -0.05) is 42.8 Å². The van der Waals surface area contributed by atoms with Crippen LogP contribution in [0.5, 0.6) is 5.75 Å². The van der Waals surface area contributed by atoms with Gasteiger partial charge in [0.05, 0.1) is 6.04 Å². The molecule has 0 saturated carbocycles. The van der Waals surface area contributed by atoms with E-state index in [9.17, 15) is 9.59 Å². The summed E-state index contributed by atoms with van der Waals surface area (Å²) in [6, 6.07) is 14.5. The highest BCUT2D eigenvalue weighted by atomic mass is 32.1. The molecule has 0 aliphatic carbocycles. The van der Waals surface area contributed by atoms with Gasteiger partial charge in [-0.15, -0.1) is 11.3 Å². The number of aromatic nitrogens is 1. The second-order valence-electron chi connectivity index (χ2n) is 9.28. The highest BCUT2D eigenvalue weighted by Gasteiger charge is 2.31. The molecular formula is C28H31N3O3S. The number of benzene rings is 2. The van der Waals surface area contributed by atoms with Crippen molar-refractivity contribution < 1.29 is 14.3 Å². The predicted octanol–water partition coefficient (Wildman–Crippen LogP) is 5.15. The summed E-state index contributed by atoms with van der Waals surface area (Å²) in [5.41, 5.74) is 5.18. The molecule has 0 spiro atoms. The first-order valence-corrected chi connectivity index (χ1v) is 13.3. The van der Waals surface area contributed by atoms with Crippen LogP contribution in [0.15, 0.2) is 47.8 Å². The van der Waals surface area contributed by atoms with Crippen LogP contribution < -0.4 is 4.74 Å². The summed E-state index contributed by atoms with van der Waals surface area (Å²) in [4.78, 5) is 33.8. The zero-order valence-electron chi connectivity index (χ0n) is 20.3. The highest BCUT2D eigenvalue weighted by Crippen LogP contribution is 2.37. The fourth-order valence-corrected chi connectivity index (χ4v) is 5.64. The number of fused-ring (bicyclic) bond motifs is 1. The van der Waals surface area contributed by atoms with Gasteiger partial charge in [-0.2, -0.15) is 0 Å². The molecule has 1 saturated heterocycles. The molecule has 182 valence electrons. The van der Waals surface area contributed by atoms with Crippen LogP contribution in [0.3, 0.4) is 0 Å². The summed E-state index contributed by atoms with van der Waals surface area (Å²) in [7, 11) is 0. The van der Waals surface area contributed by atoms with Crippen LogP contribution in [-0.4, -0.2) is 46.2 Å². The van der Waals surface area contributed by atoms with Crippen molar-refractivity contribution in [3.8, 4) is 5.75 Å². The number of nitrogens with zero attached hydrogens (tertiary/aromatic N) is 3. The third-order valence-electron chi connectivity index (χ3n) is 6.89. The normalized spacial score (nSPS) is 17.4. The van der Waals surface area contributed by atoms with Crippen molar-refractivity contribution in [1.82, 2.24) is 14.8 Å². The van der Waals surface area contributed by atoms with E-state index < -0.39 is 0 Å². The Bertz CT molecular complexity index is 1210. The van der Waals surface area contributed by atoms with Gasteiger partial charge in [0.25, 0.3) is 5.91 Å². The Morgan fingerprint density at radius 1 is 1.09 bits per heavy atom. The lowest BCUT2D eigenvalue weighted by atomic mass is 9.87. The summed E-state index contributed by atoms with van der Waals surface area (Å²) in [5.74, 6) is 0.917. The van der Waals surface area contributed by atoms with Crippen molar-refractivity contribution in [3.63, 3.8) is 0 Å². The first-order valence-electron chi connectivity index (χ1n) is 12.4. The van der Waals surface area contributed by atoms with Crippen LogP contribution >= 0.6 is 11.3 Å². The van der Waals surface area contributed by atoms with Gasteiger partial charge in [0, 0.05) is 31.4 Å². The number of thiazole rings is 1. The summed E-state index contributed by atoms with van der Waals surface area (Å²) in [5, 5.41) is 2.61. The standard InChI is InChI=1S/C28H31N3O3S/c1-3-26(32)31-15-12-20-10-11-22(16-23(20)27(31)21-8-6-19(2)7-9-21)34-17-25-29-24(18-35-25)28(33)30-13-4-5-14-30/h6-11,16,18,27H,3-5,12-15,17H2,1-2H3/t27-/m1/s1. The molecule has 0 N–H and O–H groups in total. The van der Waals surface area contributed by atoms with E-state index in [1.165, 1.54) is 22.5 Å². The molecule has 1 atom stereocenters. The molecule has 35 heavy (non-hydrogen) atoms. The van der Waals surface area contributed by atoms with E-state index in [2.05, 4.69) is 48.3 Å². The average Bonchev–Trinajstić information content (AvgIpc) is 3.59. The maximum Gasteiger partial charge on any atom is 0.273 e. The molecule has 7 heteroatoms. The monoisotopic (exact) mass is 489 g/mol. The molecule has 3 heterocycles. The van der Waals surface area contributed by atoms with Gasteiger partial charge in [0.1, 0.15) is 23.1 Å². The number of likely N-dealkylation sites (tertiary alicyclic amines) is 1. The molecule has 1 aromatic heterocycles. The van der Waals surface area contributed by atoms with Crippen molar-refractivity contribution >= 4 is 23.2 Å². The van der Waals surface area contributed by atoms with Crippen LogP contribution in [0.2, 0.25) is 0 Å². The Morgan fingerprint density at radius 3 is 2.60 bits per heavy atom. The number of hydrogen-bond acceptors (Lipinski definition) is 5. The largest absolute Gasteiger partial charge is 0.486 e. The summed E-state index contributed by atoms with van der Waals surface area (Å²) < 4.78 is 6.12. The number of rotatable bonds is 6. The molecule has 6 nitrogen and oxygen atoms in total. The minimum Gasteiger partial charge on any atom is -0.486 e. The van der Waals surface area contributed by atoms with Gasteiger partial charge < -0.3 is 14.5 Å². The molecular weight excluding hydrogens is 458 g/mol. The molecule has 2 aliphatic heterocycles. The minimum absolute atomic E-state index is 0.0143. The van der Waals surface area contributed by atoms with Crippen LogP contribution in [-0.2, 0) is 17.8 Å². The Balaban J connectivity index is 1.36. The first-order chi connectivity index (χ1) is 17.0. The van der Waals surface area contributed by atoms with Gasteiger partial charge in [-0.3, -0.25) is 9.59 Å². The predicted molar refractivity (Wildman–Crippen MR) is 137 cm³/mol. The van der Waals surface area contributed by atoms with Gasteiger partial charge in [0.15, 0.2) is 0 Å². The third-order valence-corrected chi connectivity index (χ3v) is 7.71. The first kappa shape index (κ1) is 23.5. The minimum atomic E-state index is -0.125. The maximum atomic E-state index is 12.8. The fraction of sp³-hybridized carbons (Fsp3) is 0.393. The van der Waals surface area contributed by atoms with Crippen molar-refractivity contribution in [2.45, 2.75) is 52.2 Å². The molecule has 5 rings (SSSR count). The van der Waals surface area contributed by atoms with Crippen molar-refractivity contribution in [2.75, 3.05) is 19.6 Å². The second-order valence-corrected chi connectivity index (χ2v) is 10.2. The van der Waals surface area contributed by atoms with E-state index >= 15 is 0 Å². The SMILES string of the molecule is CCC(=O)N1CCc2ccc(OCc3nc(C(=O)N4CCCC4)cs3)cc2[C@H]1c1ccc(C)cc1. The lowest BCUT2D eigenvalue weighted by molar-refractivity contribution is -0.132. The lowest BCUT2D eigenvalue weighted by Crippen LogP contribution is -2.40. The van der Waals surface area contributed by atoms with Gasteiger partial charge >= 0.3 is 0 Å². The van der Waals surface area contributed by atoms with E-state index in [1.807, 2.05) is 28.2 Å². The lowest BCUT2D eigenvalue weighted by Gasteiger charge is -2.38. The Morgan fingerprint density at radius 2 is 1.86 bits per heavy atom. The molecule has 0 unspecified atom stereocenters. The number of carbonyl (C=O) groups is 2. The highest BCUT2D eigenvalue weighted by molar-refractivity contribution is 7.09. The van der Waals surface area contributed by atoms with E-state index in [0.717, 1.165) is 54.2 Å². The smallest absolute Gasteiger partial charge is 0.273 e. The van der Waals surface area contributed by atoms with E-state index in [-0.39, 0.29) is 17.9 Å². The summed E-state index contributed by atoms with van der Waals surface area (Å²) >= 11 is 1.45. The van der Waals surface area contributed by atoms with E-state index in [0.29, 0.717) is 25.3 Å². The number of amides is 2. The number of hydrogen-bond donors (Lipinski definition) is 0. The molecule has 0 radical (unpaired) electrons. The second kappa shape index (κ2) is 10.2. The number of ether oxygens (including phenoxy) is 1. The van der Waals surface area contributed by atoms with Crippen molar-refractivity contribution in [1.29, 1.82) is 0 Å². The molecule has 3 aromatic rings. The van der Waals surface area contributed by atoms with Gasteiger partial charge in [0.2, 0.25) is 5.91 Å². The van der Waals surface area contributed by atoms with Gasteiger partial charge in [-0.25, -0.2) is 4.98 Å². The fourth-order valence-electron chi connectivity index (χ4n) is 4.97. The Labute approximate surface area is 210 Å². The summed E-state index contributed by atoms with van der Waals surface area (Å²) in [6.07, 6.45) is 3.44. The quantitative estimate of drug-likeness (QED) is 0.480. The molecule has 1 fully saturated rings. The maximum absolute atomic E-state index is 12.8. The van der Waals surface area contributed by atoms with Crippen LogP contribution in [0, 0.1) is 6.92 Å². The molecule has 2 amide bonds. The van der Waals surface area contributed by atoms with Gasteiger partial charge in [-0.05, 0) is 55.0 Å². The Hall–Kier alpha value is -3.19. The van der Waals surface area contributed by atoms with E-state index in [1.54, 1.807) is 0 Å². The zero-order chi connectivity index (χ0) is 24.4. The third kappa shape index (κ3) is 4.96. The Kier molecular flexibility index (Phi) is 6.86. The van der Waals surface area contributed by atoms with Crippen molar-refractivity contribution in [3.05, 3.63) is 80.8 Å². The topological polar surface area (TPSA) is 62.7 Å². The molecule has 0 bridgehead atoms. The molecule has 2 aromatic carbocycles. The number of aryl methyl sites for hydroxylation is 1. The zero-order valence-corrected chi connectivity index (χ0v) is 21.1. The van der Waals surface area contributed by atoms with Crippen LogP contribution in [0.25, 0.3) is 0 Å². The average molecular weight is 490 g/mol. The van der Waals surface area contributed by atoms with Crippen molar-refractivity contribution in [2.24, 2.45) is 0 Å². The van der Waals surface area contributed by atoms with Crippen LogP contribution in [0.1, 0.15) is 70.0 Å². The van der Waals surface area contributed by atoms with E-state index in [4.69, 9.17) is 4.74 Å².